The third-order valence-corrected chi connectivity index (χ3v) is 7.70. The van der Waals surface area contributed by atoms with Crippen LogP contribution in [-0.2, 0) is 20.3 Å². The minimum atomic E-state index is -4.73. The minimum Gasteiger partial charge on any atom is -0.378 e. The average molecular weight is 544 g/mol. The fourth-order valence-electron chi connectivity index (χ4n) is 5.55. The summed E-state index contributed by atoms with van der Waals surface area (Å²) in [6.07, 6.45) is 0.670. The summed E-state index contributed by atoms with van der Waals surface area (Å²) in [6, 6.07) is 3.93. The predicted octanol–water partition coefficient (Wildman–Crippen LogP) is 2.71. The van der Waals surface area contributed by atoms with Crippen LogP contribution in [0.3, 0.4) is 0 Å². The second-order valence-electron chi connectivity index (χ2n) is 10.5. The van der Waals surface area contributed by atoms with Crippen LogP contribution in [0.15, 0.2) is 46.2 Å². The Kier molecular flexibility index (Phi) is 6.64. The molecule has 3 aromatic rings. The van der Waals surface area contributed by atoms with Gasteiger partial charge in [0.1, 0.15) is 11.6 Å². The van der Waals surface area contributed by atoms with Gasteiger partial charge in [-0.2, -0.15) is 13.2 Å². The molecular weight excluding hydrogens is 514 g/mol. The average Bonchev–Trinajstić information content (AvgIpc) is 2.84. The van der Waals surface area contributed by atoms with Crippen LogP contribution in [0.5, 0.6) is 0 Å². The molecule has 1 saturated heterocycles. The van der Waals surface area contributed by atoms with Gasteiger partial charge in [0.2, 0.25) is 0 Å². The van der Waals surface area contributed by atoms with Gasteiger partial charge >= 0.3 is 6.18 Å². The van der Waals surface area contributed by atoms with Gasteiger partial charge in [0.05, 0.1) is 11.8 Å². The number of fused-ring (bicyclic) bond motifs is 1. The van der Waals surface area contributed by atoms with Crippen LogP contribution in [0.25, 0.3) is 11.6 Å². The van der Waals surface area contributed by atoms with Crippen molar-refractivity contribution in [2.75, 3.05) is 23.3 Å². The first-order valence-corrected chi connectivity index (χ1v) is 12.7. The molecule has 0 bridgehead atoms. The van der Waals surface area contributed by atoms with Crippen molar-refractivity contribution in [1.82, 2.24) is 14.1 Å². The van der Waals surface area contributed by atoms with Crippen molar-refractivity contribution in [3.63, 3.8) is 0 Å². The van der Waals surface area contributed by atoms with E-state index in [2.05, 4.69) is 10.3 Å². The van der Waals surface area contributed by atoms with Gasteiger partial charge in [-0.25, -0.2) is 4.39 Å². The third-order valence-electron chi connectivity index (χ3n) is 7.70. The maximum Gasteiger partial charge on any atom is 0.418 e. The number of hydrogen-bond acceptors (Lipinski definition) is 5. The molecule has 3 heterocycles. The lowest BCUT2D eigenvalue weighted by molar-refractivity contribution is -0.137. The van der Waals surface area contributed by atoms with Crippen LogP contribution < -0.4 is 31.8 Å². The van der Waals surface area contributed by atoms with Crippen molar-refractivity contribution >= 4 is 23.2 Å². The first kappa shape index (κ1) is 26.7. The summed E-state index contributed by atoms with van der Waals surface area (Å²) in [6.45, 7) is 4.87. The van der Waals surface area contributed by atoms with Crippen molar-refractivity contribution in [1.29, 1.82) is 0 Å². The van der Waals surface area contributed by atoms with E-state index < -0.39 is 23.6 Å². The third kappa shape index (κ3) is 4.86. The Balaban J connectivity index is 1.54. The van der Waals surface area contributed by atoms with Crippen LogP contribution in [0.1, 0.15) is 37.4 Å². The second-order valence-corrected chi connectivity index (χ2v) is 10.5. The fraction of sp³-hybridized carbons (Fsp3) is 0.393. The Morgan fingerprint density at radius 1 is 1.08 bits per heavy atom. The molecule has 0 spiro atoms. The van der Waals surface area contributed by atoms with E-state index in [1.54, 1.807) is 36.4 Å². The van der Waals surface area contributed by atoms with E-state index in [1.807, 2.05) is 24.0 Å². The van der Waals surface area contributed by atoms with Gasteiger partial charge in [0, 0.05) is 61.9 Å². The SMILES string of the molecule is CC1C=c2c(cc(N3CC(c4cncc(=O)n4C)C3)n(C)c2=O)=C([C@@H](C)Nc2ccc(F)cc2C(F)(F)F)C1. The van der Waals surface area contributed by atoms with Crippen molar-refractivity contribution in [2.24, 2.45) is 20.0 Å². The zero-order valence-electron chi connectivity index (χ0n) is 22.0. The minimum absolute atomic E-state index is 0.00543. The van der Waals surface area contributed by atoms with Crippen LogP contribution in [0.4, 0.5) is 29.1 Å². The highest BCUT2D eigenvalue weighted by molar-refractivity contribution is 5.64. The van der Waals surface area contributed by atoms with E-state index >= 15 is 0 Å². The zero-order chi connectivity index (χ0) is 28.2. The summed E-state index contributed by atoms with van der Waals surface area (Å²) in [5.74, 6) is -0.204. The number of aromatic nitrogens is 3. The maximum absolute atomic E-state index is 13.6. The molecule has 1 aliphatic carbocycles. The van der Waals surface area contributed by atoms with Gasteiger partial charge in [-0.05, 0) is 54.3 Å². The molecule has 39 heavy (non-hydrogen) atoms. The predicted molar refractivity (Wildman–Crippen MR) is 142 cm³/mol. The van der Waals surface area contributed by atoms with Crippen molar-refractivity contribution in [2.45, 2.75) is 38.4 Å². The number of rotatable bonds is 5. The molecule has 0 radical (unpaired) electrons. The van der Waals surface area contributed by atoms with Gasteiger partial charge < -0.3 is 14.8 Å². The normalized spacial score (nSPS) is 18.3. The molecule has 2 aromatic heterocycles. The number of alkyl halides is 3. The lowest BCUT2D eigenvalue weighted by atomic mass is 9.88. The summed E-state index contributed by atoms with van der Waals surface area (Å²) in [4.78, 5) is 31.5. The zero-order valence-corrected chi connectivity index (χ0v) is 22.0. The molecule has 11 heteroatoms. The highest BCUT2D eigenvalue weighted by Gasteiger charge is 2.35. The lowest BCUT2D eigenvalue weighted by Gasteiger charge is -2.42. The number of halogens is 4. The number of benzene rings is 1. The van der Waals surface area contributed by atoms with Gasteiger partial charge in [-0.3, -0.25) is 19.1 Å². The van der Waals surface area contributed by atoms with E-state index in [1.165, 1.54) is 6.20 Å². The highest BCUT2D eigenvalue weighted by Crippen LogP contribution is 2.36. The number of anilines is 2. The number of hydrogen-bond donors (Lipinski definition) is 1. The summed E-state index contributed by atoms with van der Waals surface area (Å²) in [5.41, 5.74) is -0.0472. The Hall–Kier alpha value is -3.89. The molecular formula is C28H29F4N5O2. The van der Waals surface area contributed by atoms with E-state index in [9.17, 15) is 27.2 Å². The molecule has 0 saturated carbocycles. The van der Waals surface area contributed by atoms with Crippen LogP contribution in [-0.4, -0.2) is 33.2 Å². The number of nitrogens with one attached hydrogen (secondary N) is 1. The molecule has 2 aliphatic rings. The molecule has 1 fully saturated rings. The molecule has 2 atom stereocenters. The van der Waals surface area contributed by atoms with Crippen LogP contribution in [0.2, 0.25) is 0 Å². The van der Waals surface area contributed by atoms with Gasteiger partial charge in [0.25, 0.3) is 11.1 Å². The standard InChI is InChI=1S/C28H29F4N5O2/c1-15-7-19(16(2)34-23-6-5-18(29)9-22(23)28(30,31)32)20-10-25(36(4)27(39)21(20)8-15)37-13-17(14-37)24-11-33-12-26(38)35(24)3/h5-6,8-12,15-17,34H,7,13-14H2,1-4H3/t15?,16-/m1/s1. The second kappa shape index (κ2) is 9.69. The fourth-order valence-corrected chi connectivity index (χ4v) is 5.55. The Morgan fingerprint density at radius 2 is 1.79 bits per heavy atom. The van der Waals surface area contributed by atoms with E-state index in [-0.39, 0.29) is 28.6 Å². The van der Waals surface area contributed by atoms with Crippen LogP contribution >= 0.6 is 0 Å². The Morgan fingerprint density at radius 3 is 2.49 bits per heavy atom. The van der Waals surface area contributed by atoms with Crippen LogP contribution in [0, 0.1) is 11.7 Å². The molecule has 7 nitrogen and oxygen atoms in total. The van der Waals surface area contributed by atoms with E-state index in [4.69, 9.17) is 0 Å². The Bertz CT molecular complexity index is 1690. The van der Waals surface area contributed by atoms with Gasteiger partial charge in [-0.15, -0.1) is 0 Å². The monoisotopic (exact) mass is 543 g/mol. The van der Waals surface area contributed by atoms with E-state index in [0.29, 0.717) is 41.8 Å². The molecule has 1 N–H and O–H groups in total. The topological polar surface area (TPSA) is 72.2 Å². The van der Waals surface area contributed by atoms with Gasteiger partial charge in [-0.1, -0.05) is 13.0 Å². The summed E-state index contributed by atoms with van der Waals surface area (Å²) >= 11 is 0. The maximum atomic E-state index is 13.6. The number of nitrogens with zero attached hydrogens (tertiary/aromatic N) is 4. The summed E-state index contributed by atoms with van der Waals surface area (Å²) in [5, 5.41) is 4.14. The molecule has 1 unspecified atom stereocenters. The quantitative estimate of drug-likeness (QED) is 0.502. The molecule has 1 aromatic carbocycles. The lowest BCUT2D eigenvalue weighted by Crippen LogP contribution is -2.53. The molecule has 1 aliphatic heterocycles. The van der Waals surface area contributed by atoms with Crippen molar-refractivity contribution in [3.8, 4) is 0 Å². The van der Waals surface area contributed by atoms with Crippen molar-refractivity contribution < 1.29 is 17.6 Å². The molecule has 0 amide bonds. The highest BCUT2D eigenvalue weighted by atomic mass is 19.4. The summed E-state index contributed by atoms with van der Waals surface area (Å²) in [7, 11) is 3.41. The van der Waals surface area contributed by atoms with Gasteiger partial charge in [0.15, 0.2) is 0 Å². The Labute approximate surface area is 221 Å². The first-order valence-electron chi connectivity index (χ1n) is 12.7. The first-order chi connectivity index (χ1) is 18.3. The smallest absolute Gasteiger partial charge is 0.378 e. The molecule has 206 valence electrons. The summed E-state index contributed by atoms with van der Waals surface area (Å²) < 4.78 is 57.6. The van der Waals surface area contributed by atoms with Crippen molar-refractivity contribution in [3.05, 3.63) is 84.9 Å². The molecule has 5 rings (SSSR count). The largest absolute Gasteiger partial charge is 0.418 e. The number of pyridine rings is 1. The van der Waals surface area contributed by atoms with E-state index in [0.717, 1.165) is 23.4 Å².